The van der Waals surface area contributed by atoms with Gasteiger partial charge in [-0.05, 0) is 30.1 Å². The number of halogens is 6. The minimum atomic E-state index is -1.37. The molecule has 3 saturated carbocycles. The molecule has 5 rings (SSSR count). The first-order chi connectivity index (χ1) is 8.78. The van der Waals surface area contributed by atoms with Gasteiger partial charge in [0.2, 0.25) is 0 Å². The van der Waals surface area contributed by atoms with E-state index >= 15 is 0 Å². The van der Waals surface area contributed by atoms with Crippen molar-refractivity contribution in [1.29, 1.82) is 0 Å². The van der Waals surface area contributed by atoms with Crippen molar-refractivity contribution in [2.45, 2.75) is 32.7 Å². The van der Waals surface area contributed by atoms with Gasteiger partial charge >= 0.3 is 0 Å². The van der Waals surface area contributed by atoms with Crippen molar-refractivity contribution in [1.82, 2.24) is 0 Å². The number of alkyl halides is 4. The van der Waals surface area contributed by atoms with Crippen LogP contribution in [0.25, 0.3) is 0 Å². The number of hydrogen-bond acceptors (Lipinski definition) is 1. The zero-order valence-corrected chi connectivity index (χ0v) is 13.9. The van der Waals surface area contributed by atoms with Crippen LogP contribution < -0.4 is 0 Å². The van der Waals surface area contributed by atoms with Crippen LogP contribution in [0.3, 0.4) is 0 Å². The Morgan fingerprint density at radius 1 is 0.842 bits per heavy atom. The third kappa shape index (κ3) is 0.986. The molecule has 0 aromatic carbocycles. The molecule has 4 bridgehead atoms. The lowest BCUT2D eigenvalue weighted by molar-refractivity contribution is 0.237. The summed E-state index contributed by atoms with van der Waals surface area (Å²) in [5, 5.41) is 0.642. The van der Waals surface area contributed by atoms with Crippen LogP contribution in [0.15, 0.2) is 10.1 Å². The minimum Gasteiger partial charge on any atom is -0.369 e. The molecule has 1 heterocycles. The molecule has 19 heavy (non-hydrogen) atoms. The lowest BCUT2D eigenvalue weighted by atomic mass is 9.73. The average molecular weight is 381 g/mol. The van der Waals surface area contributed by atoms with Gasteiger partial charge in [0.05, 0.1) is 22.3 Å². The molecule has 0 aromatic rings. The maximum atomic E-state index is 6.82. The highest BCUT2D eigenvalue weighted by atomic mass is 35.5. The first kappa shape index (κ1) is 12.9. The summed E-state index contributed by atoms with van der Waals surface area (Å²) in [6, 6.07) is 0. The highest BCUT2D eigenvalue weighted by Crippen LogP contribution is 2.84. The maximum absolute atomic E-state index is 6.82. The molecular formula is C12H8Cl6O. The molecule has 0 aromatic heterocycles. The van der Waals surface area contributed by atoms with Gasteiger partial charge in [-0.15, -0.1) is 23.2 Å². The Kier molecular flexibility index (Phi) is 2.18. The second kappa shape index (κ2) is 3.20. The fourth-order valence-corrected chi connectivity index (χ4v) is 8.43. The quantitative estimate of drug-likeness (QED) is 0.343. The van der Waals surface area contributed by atoms with E-state index in [1.54, 1.807) is 0 Å². The van der Waals surface area contributed by atoms with E-state index in [0.717, 1.165) is 6.42 Å². The van der Waals surface area contributed by atoms with E-state index in [1.807, 2.05) is 0 Å². The Bertz CT molecular complexity index is 516. The molecule has 5 aliphatic rings. The van der Waals surface area contributed by atoms with Gasteiger partial charge in [0.1, 0.15) is 9.75 Å². The van der Waals surface area contributed by atoms with E-state index in [9.17, 15) is 0 Å². The summed E-state index contributed by atoms with van der Waals surface area (Å²) in [7, 11) is 0. The van der Waals surface area contributed by atoms with Crippen LogP contribution in [0, 0.1) is 23.7 Å². The van der Waals surface area contributed by atoms with E-state index in [4.69, 9.17) is 74.3 Å². The van der Waals surface area contributed by atoms with Gasteiger partial charge < -0.3 is 4.74 Å². The maximum Gasteiger partial charge on any atom is 0.166 e. The van der Waals surface area contributed by atoms with Gasteiger partial charge in [-0.3, -0.25) is 0 Å². The molecule has 1 nitrogen and oxygen atoms in total. The van der Waals surface area contributed by atoms with Crippen LogP contribution in [-0.2, 0) is 4.74 Å². The molecule has 0 unspecified atom stereocenters. The molecule has 4 fully saturated rings. The summed E-state index contributed by atoms with van der Waals surface area (Å²) in [5.74, 6) is 0.776. The topological polar surface area (TPSA) is 12.5 Å². The van der Waals surface area contributed by atoms with Crippen molar-refractivity contribution < 1.29 is 4.74 Å². The zero-order chi connectivity index (χ0) is 13.5. The molecule has 0 spiro atoms. The summed E-state index contributed by atoms with van der Waals surface area (Å²) in [5.41, 5.74) is 0. The fourth-order valence-electron chi connectivity index (χ4n) is 5.30. The van der Waals surface area contributed by atoms with Crippen LogP contribution in [-0.4, -0.2) is 26.3 Å². The fraction of sp³-hybridized carbons (Fsp3) is 0.833. The lowest BCUT2D eigenvalue weighted by Gasteiger charge is -2.38. The minimum absolute atomic E-state index is 0.0467. The monoisotopic (exact) mass is 378 g/mol. The lowest BCUT2D eigenvalue weighted by Crippen LogP contribution is -2.46. The first-order valence-corrected chi connectivity index (χ1v) is 8.52. The molecule has 1 saturated heterocycles. The Balaban J connectivity index is 1.80. The molecule has 0 N–H and O–H groups in total. The Morgan fingerprint density at radius 3 is 1.68 bits per heavy atom. The van der Waals surface area contributed by atoms with Crippen molar-refractivity contribution >= 4 is 69.6 Å². The Labute approximate surface area is 140 Å². The molecule has 0 radical (unpaired) electrons. The van der Waals surface area contributed by atoms with Crippen molar-refractivity contribution in [3.8, 4) is 0 Å². The smallest absolute Gasteiger partial charge is 0.166 e. The second-order valence-corrected chi connectivity index (χ2v) is 9.58. The van der Waals surface area contributed by atoms with Crippen molar-refractivity contribution in [2.24, 2.45) is 23.7 Å². The highest BCUT2D eigenvalue weighted by Gasteiger charge is 2.89. The van der Waals surface area contributed by atoms with Gasteiger partial charge in [0.15, 0.2) is 4.33 Å². The van der Waals surface area contributed by atoms with Crippen LogP contribution in [0.4, 0.5) is 0 Å². The summed E-state index contributed by atoms with van der Waals surface area (Å²) >= 11 is 39.5. The van der Waals surface area contributed by atoms with E-state index in [0.29, 0.717) is 21.9 Å². The van der Waals surface area contributed by atoms with E-state index in [1.165, 1.54) is 0 Å². The van der Waals surface area contributed by atoms with Gasteiger partial charge in [-0.1, -0.05) is 46.4 Å². The van der Waals surface area contributed by atoms with Gasteiger partial charge in [0.25, 0.3) is 0 Å². The third-order valence-electron chi connectivity index (χ3n) is 5.92. The zero-order valence-electron chi connectivity index (χ0n) is 9.35. The van der Waals surface area contributed by atoms with Crippen molar-refractivity contribution in [3.63, 3.8) is 0 Å². The second-order valence-electron chi connectivity index (χ2n) is 6.31. The van der Waals surface area contributed by atoms with Gasteiger partial charge in [-0.2, -0.15) is 0 Å². The van der Waals surface area contributed by atoms with Gasteiger partial charge in [-0.25, -0.2) is 0 Å². The number of ether oxygens (including phenoxy) is 1. The predicted octanol–water partition coefficient (Wildman–Crippen LogP) is 4.48. The van der Waals surface area contributed by atoms with E-state index in [2.05, 4.69) is 0 Å². The number of rotatable bonds is 0. The normalized spacial score (nSPS) is 66.6. The highest BCUT2D eigenvalue weighted by molar-refractivity contribution is 6.65. The summed E-state index contributed by atoms with van der Waals surface area (Å²) in [6.07, 6.45) is 1.63. The molecule has 8 atom stereocenters. The summed E-state index contributed by atoms with van der Waals surface area (Å²) in [6.45, 7) is 0. The van der Waals surface area contributed by atoms with Gasteiger partial charge in [0, 0.05) is 0 Å². The molecule has 0 amide bonds. The first-order valence-electron chi connectivity index (χ1n) is 6.25. The van der Waals surface area contributed by atoms with E-state index in [-0.39, 0.29) is 24.0 Å². The Morgan fingerprint density at radius 2 is 1.26 bits per heavy atom. The molecular weight excluding hydrogens is 373 g/mol. The molecule has 1 aliphatic heterocycles. The van der Waals surface area contributed by atoms with Crippen molar-refractivity contribution in [3.05, 3.63) is 10.1 Å². The Hall–Kier alpha value is 1.44. The molecule has 4 aliphatic carbocycles. The number of epoxide rings is 1. The van der Waals surface area contributed by atoms with Crippen LogP contribution >= 0.6 is 69.6 Å². The number of allylic oxidation sites excluding steroid dienone is 2. The summed E-state index contributed by atoms with van der Waals surface area (Å²) in [4.78, 5) is -2.17. The largest absolute Gasteiger partial charge is 0.369 e. The van der Waals surface area contributed by atoms with Crippen LogP contribution in [0.5, 0.6) is 0 Å². The van der Waals surface area contributed by atoms with Crippen molar-refractivity contribution in [2.75, 3.05) is 0 Å². The average Bonchev–Trinajstić information content (AvgIpc) is 2.91. The number of hydrogen-bond donors (Lipinski definition) is 0. The predicted molar refractivity (Wildman–Crippen MR) is 77.6 cm³/mol. The standard InChI is InChI=1S/C12H8Cl6O/c13-8-9(14)11(16)5-3-1-2(6-7(3)19-6)4(5)10(8,15)12(11,17)18/h2-7H,1H2/t2-,3-,4-,5-,6-,7+,10-,11+/m1/s1. The molecule has 7 heteroatoms. The third-order valence-corrected chi connectivity index (χ3v) is 10.2. The molecule has 104 valence electrons. The van der Waals surface area contributed by atoms with Crippen LogP contribution in [0.2, 0.25) is 0 Å². The SMILES string of the molecule is ClC1=C(Cl)[C@]2(Cl)[C@@H]3[C@H]4C[C@@H]([C@@H]5O[C@H]45)[C@H]3[C@@]1(Cl)C2(Cl)Cl. The van der Waals surface area contributed by atoms with Crippen LogP contribution in [0.1, 0.15) is 6.42 Å². The number of fused-ring (bicyclic) bond motifs is 12. The summed E-state index contributed by atoms with van der Waals surface area (Å²) < 4.78 is 4.35. The van der Waals surface area contributed by atoms with E-state index < -0.39 is 14.1 Å².